The van der Waals surface area contributed by atoms with E-state index in [1.54, 1.807) is 12.1 Å². The highest BCUT2D eigenvalue weighted by atomic mass is 35.5. The van der Waals surface area contributed by atoms with Crippen LogP contribution in [0.2, 0.25) is 5.02 Å². The molecule has 1 aromatic carbocycles. The highest BCUT2D eigenvalue weighted by Gasteiger charge is 2.28. The maximum Gasteiger partial charge on any atom is 0.262 e. The molecule has 1 saturated heterocycles. The van der Waals surface area contributed by atoms with Gasteiger partial charge in [-0.1, -0.05) is 11.6 Å². The Morgan fingerprint density at radius 1 is 1.42 bits per heavy atom. The summed E-state index contributed by atoms with van der Waals surface area (Å²) in [5, 5.41) is 2.97. The number of carbonyl (C=O) groups excluding carboxylic acids is 2. The van der Waals surface area contributed by atoms with Gasteiger partial charge in [0.15, 0.2) is 12.4 Å². The fraction of sp³-hybridized carbons (Fsp3) is 0.385. The van der Waals surface area contributed by atoms with Crippen LogP contribution < -0.4 is 10.1 Å². The molecule has 6 heteroatoms. The predicted octanol–water partition coefficient (Wildman–Crippen LogP) is 1.89. The van der Waals surface area contributed by atoms with E-state index in [0.29, 0.717) is 41.7 Å². The van der Waals surface area contributed by atoms with E-state index >= 15 is 0 Å². The minimum Gasteiger partial charge on any atom is -0.482 e. The normalized spacial score (nSPS) is 21.5. The number of fused-ring (bicyclic) bond motifs is 1. The topological polar surface area (TPSA) is 64.6 Å². The Morgan fingerprint density at radius 3 is 3.00 bits per heavy atom. The smallest absolute Gasteiger partial charge is 0.262 e. The summed E-state index contributed by atoms with van der Waals surface area (Å²) in [5.74, 6) is 0.0673. The Bertz CT molecular complexity index is 552. The van der Waals surface area contributed by atoms with Gasteiger partial charge in [-0.15, -0.1) is 0 Å². The molecule has 1 unspecified atom stereocenters. The summed E-state index contributed by atoms with van der Waals surface area (Å²) in [6.07, 6.45) is 0.712. The number of rotatable bonds is 2. The summed E-state index contributed by atoms with van der Waals surface area (Å²) in [6, 6.07) is 3.15. The molecule has 100 valence electrons. The van der Waals surface area contributed by atoms with Crippen LogP contribution in [0.25, 0.3) is 0 Å². The maximum atomic E-state index is 12.3. The van der Waals surface area contributed by atoms with E-state index in [1.165, 1.54) is 0 Å². The van der Waals surface area contributed by atoms with Crippen molar-refractivity contribution in [1.82, 2.24) is 0 Å². The van der Waals surface area contributed by atoms with Gasteiger partial charge in [0.1, 0.15) is 5.75 Å². The first-order valence-corrected chi connectivity index (χ1v) is 6.41. The lowest BCUT2D eigenvalue weighted by molar-refractivity contribution is -0.118. The summed E-state index contributed by atoms with van der Waals surface area (Å²) >= 11 is 6.11. The Labute approximate surface area is 114 Å². The monoisotopic (exact) mass is 281 g/mol. The molecule has 2 aliphatic rings. The number of amides is 1. The van der Waals surface area contributed by atoms with Crippen molar-refractivity contribution < 1.29 is 19.1 Å². The van der Waals surface area contributed by atoms with E-state index in [4.69, 9.17) is 21.1 Å². The van der Waals surface area contributed by atoms with Gasteiger partial charge in [-0.05, 0) is 18.6 Å². The number of ketones is 1. The van der Waals surface area contributed by atoms with Crippen LogP contribution in [0.15, 0.2) is 12.1 Å². The first kappa shape index (κ1) is 12.4. The minimum atomic E-state index is -0.230. The second kappa shape index (κ2) is 4.83. The van der Waals surface area contributed by atoms with Crippen LogP contribution in [-0.4, -0.2) is 31.5 Å². The second-order valence-corrected chi connectivity index (χ2v) is 5.00. The van der Waals surface area contributed by atoms with Crippen LogP contribution in [0, 0.1) is 5.92 Å². The number of hydrogen-bond acceptors (Lipinski definition) is 4. The molecular formula is C13H12ClNO4. The van der Waals surface area contributed by atoms with Gasteiger partial charge in [0.05, 0.1) is 17.3 Å². The first-order chi connectivity index (χ1) is 9.15. The predicted molar refractivity (Wildman–Crippen MR) is 68.8 cm³/mol. The summed E-state index contributed by atoms with van der Waals surface area (Å²) < 4.78 is 10.5. The number of nitrogens with one attached hydrogen (secondary N) is 1. The molecule has 2 aliphatic heterocycles. The highest BCUT2D eigenvalue weighted by molar-refractivity contribution is 6.34. The zero-order chi connectivity index (χ0) is 13.4. The Kier molecular flexibility index (Phi) is 3.16. The average molecular weight is 282 g/mol. The quantitative estimate of drug-likeness (QED) is 0.841. The number of benzene rings is 1. The molecule has 1 amide bonds. The molecule has 1 aromatic rings. The zero-order valence-corrected chi connectivity index (χ0v) is 10.8. The number of ether oxygens (including phenoxy) is 2. The van der Waals surface area contributed by atoms with Crippen molar-refractivity contribution in [1.29, 1.82) is 0 Å². The van der Waals surface area contributed by atoms with Gasteiger partial charge < -0.3 is 14.8 Å². The third-order valence-electron chi connectivity index (χ3n) is 3.27. The van der Waals surface area contributed by atoms with E-state index < -0.39 is 0 Å². The summed E-state index contributed by atoms with van der Waals surface area (Å²) in [5.41, 5.74) is 0.924. The Hall–Kier alpha value is -1.59. The lowest BCUT2D eigenvalue weighted by atomic mass is 9.96. The molecule has 0 aliphatic carbocycles. The molecule has 0 saturated carbocycles. The van der Waals surface area contributed by atoms with Gasteiger partial charge >= 0.3 is 0 Å². The first-order valence-electron chi connectivity index (χ1n) is 6.03. The van der Waals surface area contributed by atoms with Gasteiger partial charge in [-0.3, -0.25) is 9.59 Å². The third-order valence-corrected chi connectivity index (χ3v) is 3.58. The second-order valence-electron chi connectivity index (χ2n) is 4.59. The largest absolute Gasteiger partial charge is 0.482 e. The number of halogens is 1. The standard InChI is InChI=1S/C13H12ClNO4/c14-9-4-10-11(19-6-12(16)15-10)3-8(9)13(17)7-1-2-18-5-7/h3-4,7H,1-2,5-6H2,(H,15,16). The number of Topliss-reactive ketones (excluding diaryl/α,β-unsaturated/α-hetero) is 1. The van der Waals surface area contributed by atoms with Crippen molar-refractivity contribution in [2.45, 2.75) is 6.42 Å². The lowest BCUT2D eigenvalue weighted by Gasteiger charge is -2.19. The van der Waals surface area contributed by atoms with Crippen LogP contribution in [0.1, 0.15) is 16.8 Å². The van der Waals surface area contributed by atoms with Crippen molar-refractivity contribution in [2.75, 3.05) is 25.1 Å². The molecule has 3 rings (SSSR count). The van der Waals surface area contributed by atoms with E-state index in [0.717, 1.165) is 0 Å². The molecular weight excluding hydrogens is 270 g/mol. The molecule has 5 nitrogen and oxygen atoms in total. The third kappa shape index (κ3) is 2.31. The summed E-state index contributed by atoms with van der Waals surface area (Å²) in [7, 11) is 0. The van der Waals surface area contributed by atoms with Crippen LogP contribution in [0.4, 0.5) is 5.69 Å². The fourth-order valence-corrected chi connectivity index (χ4v) is 2.51. The van der Waals surface area contributed by atoms with Crippen LogP contribution >= 0.6 is 11.6 Å². The van der Waals surface area contributed by atoms with Gasteiger partial charge in [-0.25, -0.2) is 0 Å². The van der Waals surface area contributed by atoms with E-state index in [2.05, 4.69) is 5.32 Å². The van der Waals surface area contributed by atoms with Crippen LogP contribution in [0.3, 0.4) is 0 Å². The van der Waals surface area contributed by atoms with Crippen molar-refractivity contribution in [3.63, 3.8) is 0 Å². The Balaban J connectivity index is 1.94. The molecule has 0 radical (unpaired) electrons. The Morgan fingerprint density at radius 2 is 2.26 bits per heavy atom. The molecule has 0 aromatic heterocycles. The lowest BCUT2D eigenvalue weighted by Crippen LogP contribution is -2.26. The van der Waals surface area contributed by atoms with Gasteiger partial charge in [0.2, 0.25) is 0 Å². The van der Waals surface area contributed by atoms with E-state index in [1.807, 2.05) is 0 Å². The van der Waals surface area contributed by atoms with E-state index in [-0.39, 0.29) is 24.2 Å². The number of hydrogen-bond donors (Lipinski definition) is 1. The van der Waals surface area contributed by atoms with Crippen molar-refractivity contribution in [3.8, 4) is 5.75 Å². The fourth-order valence-electron chi connectivity index (χ4n) is 2.25. The molecule has 1 N–H and O–H groups in total. The zero-order valence-electron chi connectivity index (χ0n) is 10.1. The number of anilines is 1. The summed E-state index contributed by atoms with van der Waals surface area (Å²) in [6.45, 7) is 0.990. The molecule has 2 heterocycles. The summed E-state index contributed by atoms with van der Waals surface area (Å²) in [4.78, 5) is 23.5. The molecule has 1 atom stereocenters. The molecule has 19 heavy (non-hydrogen) atoms. The van der Waals surface area contributed by atoms with Crippen molar-refractivity contribution >= 4 is 29.0 Å². The molecule has 1 fully saturated rings. The van der Waals surface area contributed by atoms with Crippen LogP contribution in [0.5, 0.6) is 5.75 Å². The van der Waals surface area contributed by atoms with E-state index in [9.17, 15) is 9.59 Å². The molecule has 0 bridgehead atoms. The van der Waals surface area contributed by atoms with Gasteiger partial charge in [0, 0.05) is 18.1 Å². The van der Waals surface area contributed by atoms with Gasteiger partial charge in [0.25, 0.3) is 5.91 Å². The average Bonchev–Trinajstić information content (AvgIpc) is 2.91. The van der Waals surface area contributed by atoms with Crippen molar-refractivity contribution in [2.24, 2.45) is 5.92 Å². The van der Waals surface area contributed by atoms with Crippen LogP contribution in [-0.2, 0) is 9.53 Å². The maximum absolute atomic E-state index is 12.3. The SMILES string of the molecule is O=C1COc2cc(C(=O)C3CCOC3)c(Cl)cc2N1. The van der Waals surface area contributed by atoms with Crippen molar-refractivity contribution in [3.05, 3.63) is 22.7 Å². The highest BCUT2D eigenvalue weighted by Crippen LogP contribution is 2.35. The number of carbonyl (C=O) groups is 2. The minimum absolute atomic E-state index is 0.0363. The molecule has 0 spiro atoms. The van der Waals surface area contributed by atoms with Gasteiger partial charge in [-0.2, -0.15) is 0 Å².